The summed E-state index contributed by atoms with van der Waals surface area (Å²) in [6.07, 6.45) is 1.82. The molecule has 4 N–H and O–H groups in total. The van der Waals surface area contributed by atoms with Crippen LogP contribution in [0.1, 0.15) is 33.4 Å². The first kappa shape index (κ1) is 39.9. The average Bonchev–Trinajstić information content (AvgIpc) is 3.67. The van der Waals surface area contributed by atoms with Gasteiger partial charge in [0.2, 0.25) is 6.71 Å². The summed E-state index contributed by atoms with van der Waals surface area (Å²) >= 11 is 0. The minimum absolute atomic E-state index is 0.0552. The number of rotatable bonds is 10. The SMILES string of the molecule is C=C(N=C(N=C(N)c1ccccc1)c1ccccc1)c1ccc2c(c1)-c1cc(C(N=C(N)c3ccccc3)=NC(=C)c3ccccc3)ccc1B2c1ccc(-c2ccccn2)cc1. The Morgan fingerprint density at radius 3 is 1.38 bits per heavy atom. The van der Waals surface area contributed by atoms with E-state index < -0.39 is 0 Å². The van der Waals surface area contributed by atoms with Gasteiger partial charge in [-0.15, -0.1) is 0 Å². The van der Waals surface area contributed by atoms with Crippen LogP contribution in [0, 0.1) is 0 Å². The Hall–Kier alpha value is -8.49. The highest BCUT2D eigenvalue weighted by molar-refractivity contribution is 6.99. The van der Waals surface area contributed by atoms with Crippen LogP contribution in [0.3, 0.4) is 0 Å². The van der Waals surface area contributed by atoms with Crippen LogP contribution >= 0.6 is 0 Å². The van der Waals surface area contributed by atoms with Crippen LogP contribution in [0.2, 0.25) is 0 Å². The number of hydrogen-bond donors (Lipinski definition) is 2. The predicted molar refractivity (Wildman–Crippen MR) is 265 cm³/mol. The van der Waals surface area contributed by atoms with Crippen LogP contribution in [-0.4, -0.2) is 35.0 Å². The number of pyridine rings is 1. The largest absolute Gasteiger partial charge is 0.383 e. The van der Waals surface area contributed by atoms with E-state index in [1.165, 1.54) is 0 Å². The minimum Gasteiger partial charge on any atom is -0.383 e. The average molecular weight is 812 g/mol. The summed E-state index contributed by atoms with van der Waals surface area (Å²) in [4.78, 5) is 24.4. The molecule has 0 unspecified atom stereocenters. The molecule has 1 aliphatic heterocycles. The zero-order valence-electron chi connectivity index (χ0n) is 34.5. The number of hydrogen-bond acceptors (Lipinski definition) is 3. The van der Waals surface area contributed by atoms with Crippen molar-refractivity contribution in [1.82, 2.24) is 4.98 Å². The third kappa shape index (κ3) is 8.73. The van der Waals surface area contributed by atoms with Gasteiger partial charge in [-0.25, -0.2) is 20.0 Å². The predicted octanol–water partition coefficient (Wildman–Crippen LogP) is 8.89. The van der Waals surface area contributed by atoms with Crippen LogP contribution in [0.4, 0.5) is 0 Å². The lowest BCUT2D eigenvalue weighted by molar-refractivity contribution is 1.33. The Labute approximate surface area is 368 Å². The Kier molecular flexibility index (Phi) is 11.4. The van der Waals surface area contributed by atoms with Crippen molar-refractivity contribution in [2.75, 3.05) is 0 Å². The molecule has 1 aromatic heterocycles. The molecule has 63 heavy (non-hydrogen) atoms. The molecule has 0 spiro atoms. The van der Waals surface area contributed by atoms with Gasteiger partial charge in [0.05, 0.1) is 17.1 Å². The number of aromatic nitrogens is 1. The minimum atomic E-state index is -0.0552. The van der Waals surface area contributed by atoms with Crippen molar-refractivity contribution in [2.45, 2.75) is 0 Å². The molecule has 0 amide bonds. The van der Waals surface area contributed by atoms with Gasteiger partial charge in [0, 0.05) is 39.6 Å². The van der Waals surface area contributed by atoms with Crippen LogP contribution in [-0.2, 0) is 0 Å². The van der Waals surface area contributed by atoms with Crippen LogP contribution < -0.4 is 27.9 Å². The molecule has 8 aromatic rings. The standard InChI is InChI=1S/C55H42BN7/c1-37(39-17-7-3-8-18-39)60-55(63-53(58)42-21-11-5-12-22-42)45-29-33-50-48(36-45)47-35-44(28-32-49(47)56(50)46-30-26-40(27-31-46)51-25-15-16-34-59-51)38(2)61-54(43-23-13-6-14-24-43)62-52(57)41-19-9-4-10-20-41/h3-36H,1-2H2,(H2,57,61,62)(H2,58,60,63). The van der Waals surface area contributed by atoms with Crippen molar-refractivity contribution >= 4 is 57.8 Å². The number of fused-ring (bicyclic) bond motifs is 3. The van der Waals surface area contributed by atoms with E-state index in [4.69, 9.17) is 31.4 Å². The molecule has 2 heterocycles. The van der Waals surface area contributed by atoms with Crippen molar-refractivity contribution < 1.29 is 0 Å². The molecule has 1 aliphatic rings. The highest BCUT2D eigenvalue weighted by atomic mass is 15.0. The second-order valence-electron chi connectivity index (χ2n) is 15.1. The number of nitrogens with two attached hydrogens (primary N) is 2. The number of nitrogens with zero attached hydrogens (tertiary/aromatic N) is 5. The lowest BCUT2D eigenvalue weighted by Gasteiger charge is -2.13. The monoisotopic (exact) mass is 811 g/mol. The van der Waals surface area contributed by atoms with Gasteiger partial charge in [-0.3, -0.25) is 4.98 Å². The molecule has 0 aliphatic carbocycles. The first-order valence-electron chi connectivity index (χ1n) is 20.6. The molecule has 0 saturated heterocycles. The van der Waals surface area contributed by atoms with Crippen molar-refractivity contribution in [3.8, 4) is 22.4 Å². The van der Waals surface area contributed by atoms with Crippen LogP contribution in [0.5, 0.6) is 0 Å². The summed E-state index contributed by atoms with van der Waals surface area (Å²) in [6.45, 7) is 8.75. The van der Waals surface area contributed by atoms with Gasteiger partial charge >= 0.3 is 0 Å². The fraction of sp³-hybridized carbons (Fsp3) is 0. The quantitative estimate of drug-likeness (QED) is 0.0817. The number of aliphatic imine (C=N–C) groups is 4. The molecule has 7 aromatic carbocycles. The highest BCUT2D eigenvalue weighted by Gasteiger charge is 2.34. The van der Waals surface area contributed by atoms with Crippen molar-refractivity contribution in [3.63, 3.8) is 0 Å². The summed E-state index contributed by atoms with van der Waals surface area (Å²) in [7, 11) is 0. The van der Waals surface area contributed by atoms with E-state index in [9.17, 15) is 0 Å². The van der Waals surface area contributed by atoms with E-state index in [2.05, 4.69) is 78.8 Å². The van der Waals surface area contributed by atoms with Crippen molar-refractivity contribution in [1.29, 1.82) is 0 Å². The molecule has 300 valence electrons. The molecular weight excluding hydrogens is 769 g/mol. The topological polar surface area (TPSA) is 114 Å². The molecule has 0 atom stereocenters. The molecule has 7 nitrogen and oxygen atoms in total. The van der Waals surface area contributed by atoms with Gasteiger partial charge in [-0.05, 0) is 41.0 Å². The summed E-state index contributed by atoms with van der Waals surface area (Å²) < 4.78 is 0. The molecule has 9 rings (SSSR count). The Morgan fingerprint density at radius 2 is 0.857 bits per heavy atom. The zero-order chi connectivity index (χ0) is 43.1. The lowest BCUT2D eigenvalue weighted by Crippen LogP contribution is -2.48. The fourth-order valence-electron chi connectivity index (χ4n) is 7.79. The van der Waals surface area contributed by atoms with E-state index in [-0.39, 0.29) is 6.71 Å². The van der Waals surface area contributed by atoms with Gasteiger partial charge in [0.1, 0.15) is 11.7 Å². The third-order valence-corrected chi connectivity index (χ3v) is 11.0. The van der Waals surface area contributed by atoms with Crippen molar-refractivity contribution in [3.05, 3.63) is 253 Å². The smallest absolute Gasteiger partial charge is 0.242 e. The van der Waals surface area contributed by atoms with E-state index in [1.54, 1.807) is 0 Å². The maximum absolute atomic E-state index is 6.68. The maximum atomic E-state index is 6.68. The highest BCUT2D eigenvalue weighted by Crippen LogP contribution is 2.30. The summed E-state index contributed by atoms with van der Waals surface area (Å²) in [6, 6.07) is 66.6. The number of amidine groups is 4. The Balaban J connectivity index is 1.17. The molecular formula is C55H42BN7. The van der Waals surface area contributed by atoms with E-state index in [1.807, 2.05) is 146 Å². The summed E-state index contributed by atoms with van der Waals surface area (Å²) in [5, 5.41) is 0. The second-order valence-corrected chi connectivity index (χ2v) is 15.1. The van der Waals surface area contributed by atoms with E-state index in [0.29, 0.717) is 34.7 Å². The normalized spacial score (nSPS) is 12.7. The van der Waals surface area contributed by atoms with E-state index >= 15 is 0 Å². The maximum Gasteiger partial charge on any atom is 0.242 e. The third-order valence-electron chi connectivity index (χ3n) is 11.0. The van der Waals surface area contributed by atoms with Gasteiger partial charge in [0.25, 0.3) is 0 Å². The molecule has 0 radical (unpaired) electrons. The fourth-order valence-corrected chi connectivity index (χ4v) is 7.79. The van der Waals surface area contributed by atoms with Gasteiger partial charge in [-0.1, -0.05) is 205 Å². The van der Waals surface area contributed by atoms with Crippen LogP contribution in [0.15, 0.2) is 240 Å². The van der Waals surface area contributed by atoms with Gasteiger partial charge in [0.15, 0.2) is 11.7 Å². The summed E-state index contributed by atoms with van der Waals surface area (Å²) in [5.74, 6) is 1.62. The van der Waals surface area contributed by atoms with Gasteiger partial charge < -0.3 is 11.5 Å². The zero-order valence-corrected chi connectivity index (χ0v) is 34.5. The Bertz CT molecular complexity index is 3070. The molecule has 0 fully saturated rings. The van der Waals surface area contributed by atoms with Crippen molar-refractivity contribution in [2.24, 2.45) is 31.4 Å². The van der Waals surface area contributed by atoms with Crippen LogP contribution in [0.25, 0.3) is 33.8 Å². The second kappa shape index (κ2) is 18.0. The molecule has 0 saturated carbocycles. The first-order valence-corrected chi connectivity index (χ1v) is 20.6. The summed E-state index contributed by atoms with van der Waals surface area (Å²) in [5.41, 5.74) is 26.8. The molecule has 8 heteroatoms. The van der Waals surface area contributed by atoms with Gasteiger partial charge in [-0.2, -0.15) is 0 Å². The molecule has 0 bridgehead atoms. The van der Waals surface area contributed by atoms with E-state index in [0.717, 1.165) is 72.2 Å². The lowest BCUT2D eigenvalue weighted by atomic mass is 9.39. The number of benzene rings is 7. The first-order chi connectivity index (χ1) is 30.9. The Morgan fingerprint density at radius 1 is 0.413 bits per heavy atom.